The number of nitrogens with one attached hydrogen (secondary N) is 1. The molecule has 0 aromatic heterocycles. The van der Waals surface area contributed by atoms with E-state index in [-0.39, 0.29) is 12.2 Å². The van der Waals surface area contributed by atoms with E-state index in [1.807, 2.05) is 19.9 Å². The van der Waals surface area contributed by atoms with Gasteiger partial charge in [0.1, 0.15) is 6.54 Å². The molecule has 2 rings (SSSR count). The molecule has 0 radical (unpaired) electrons. The summed E-state index contributed by atoms with van der Waals surface area (Å²) in [4.78, 5) is 25.1. The highest BCUT2D eigenvalue weighted by Gasteiger charge is 2.17. The Morgan fingerprint density at radius 2 is 1.62 bits per heavy atom. The molecular weight excluding hydrogens is 314 g/mol. The van der Waals surface area contributed by atoms with E-state index in [9.17, 15) is 18.4 Å². The fourth-order valence-corrected chi connectivity index (χ4v) is 2.43. The minimum atomic E-state index is -1.08. The zero-order chi connectivity index (χ0) is 17.9. The molecule has 4 nitrogen and oxygen atoms in total. The number of carbonyl (C=O) groups excluding carboxylic acids is 2. The molecule has 126 valence electrons. The summed E-state index contributed by atoms with van der Waals surface area (Å²) in [5, 5.41) is 2.70. The summed E-state index contributed by atoms with van der Waals surface area (Å²) in [6, 6.07) is 8.65. The summed E-state index contributed by atoms with van der Waals surface area (Å²) < 4.78 is 26.4. The number of carbonyl (C=O) groups is 2. The molecule has 2 aromatic rings. The second-order valence-electron chi connectivity index (χ2n) is 5.63. The summed E-state index contributed by atoms with van der Waals surface area (Å²) in [5.41, 5.74) is 2.73. The van der Waals surface area contributed by atoms with Gasteiger partial charge in [-0.15, -0.1) is 0 Å². The zero-order valence-corrected chi connectivity index (χ0v) is 13.7. The molecule has 0 unspecified atom stereocenters. The monoisotopic (exact) mass is 332 g/mol. The van der Waals surface area contributed by atoms with Crippen LogP contribution in [0.2, 0.25) is 0 Å². The largest absolute Gasteiger partial charge is 0.325 e. The Hall–Kier alpha value is -2.76. The fraction of sp³-hybridized carbons (Fsp3) is 0.222. The molecule has 2 amide bonds. The first-order chi connectivity index (χ1) is 11.3. The van der Waals surface area contributed by atoms with Crippen molar-refractivity contribution in [2.75, 3.05) is 16.8 Å². The van der Waals surface area contributed by atoms with Crippen molar-refractivity contribution in [3.8, 4) is 0 Å². The Kier molecular flexibility index (Phi) is 5.28. The van der Waals surface area contributed by atoms with Gasteiger partial charge in [-0.2, -0.15) is 0 Å². The topological polar surface area (TPSA) is 49.4 Å². The first kappa shape index (κ1) is 17.6. The Labute approximate surface area is 139 Å². The van der Waals surface area contributed by atoms with Crippen LogP contribution in [0, 0.1) is 25.5 Å². The third kappa shape index (κ3) is 4.38. The fourth-order valence-electron chi connectivity index (χ4n) is 2.43. The third-order valence-corrected chi connectivity index (χ3v) is 3.40. The highest BCUT2D eigenvalue weighted by atomic mass is 19.2. The van der Waals surface area contributed by atoms with Gasteiger partial charge in [0.2, 0.25) is 11.8 Å². The molecule has 0 saturated carbocycles. The van der Waals surface area contributed by atoms with Gasteiger partial charge in [-0.3, -0.25) is 9.59 Å². The minimum Gasteiger partial charge on any atom is -0.325 e. The van der Waals surface area contributed by atoms with E-state index in [0.29, 0.717) is 5.69 Å². The molecule has 24 heavy (non-hydrogen) atoms. The molecule has 0 spiro atoms. The predicted molar refractivity (Wildman–Crippen MR) is 88.9 cm³/mol. The Balaban J connectivity index is 2.16. The molecule has 0 aliphatic heterocycles. The lowest BCUT2D eigenvalue weighted by atomic mass is 10.1. The number of rotatable bonds is 4. The van der Waals surface area contributed by atoms with E-state index in [4.69, 9.17) is 0 Å². The van der Waals surface area contributed by atoms with Gasteiger partial charge < -0.3 is 10.2 Å². The average molecular weight is 332 g/mol. The second kappa shape index (κ2) is 7.21. The van der Waals surface area contributed by atoms with Crippen LogP contribution in [-0.2, 0) is 9.59 Å². The lowest BCUT2D eigenvalue weighted by Gasteiger charge is -2.21. The van der Waals surface area contributed by atoms with Crippen molar-refractivity contribution in [1.82, 2.24) is 0 Å². The quantitative estimate of drug-likeness (QED) is 0.930. The number of nitrogens with zero attached hydrogens (tertiary/aromatic N) is 1. The number of aryl methyl sites for hydroxylation is 2. The molecule has 2 aromatic carbocycles. The molecular formula is C18H18F2N2O2. The van der Waals surface area contributed by atoms with Crippen LogP contribution in [0.15, 0.2) is 36.4 Å². The van der Waals surface area contributed by atoms with Gasteiger partial charge in [-0.1, -0.05) is 6.07 Å². The molecule has 1 N–H and O–H groups in total. The highest BCUT2D eigenvalue weighted by Crippen LogP contribution is 2.19. The van der Waals surface area contributed by atoms with E-state index in [0.717, 1.165) is 28.2 Å². The van der Waals surface area contributed by atoms with Crippen molar-refractivity contribution in [3.63, 3.8) is 0 Å². The lowest BCUT2D eigenvalue weighted by molar-refractivity contribution is -0.120. The van der Waals surface area contributed by atoms with Crippen molar-refractivity contribution < 1.29 is 18.4 Å². The maximum Gasteiger partial charge on any atom is 0.244 e. The van der Waals surface area contributed by atoms with Crippen molar-refractivity contribution in [1.29, 1.82) is 0 Å². The van der Waals surface area contributed by atoms with Crippen LogP contribution in [0.5, 0.6) is 0 Å². The van der Waals surface area contributed by atoms with Crippen LogP contribution in [0.4, 0.5) is 20.2 Å². The minimum absolute atomic E-state index is 0.122. The Bertz CT molecular complexity index is 770. The standard InChI is InChI=1S/C18H18F2N2O2/c1-11-6-12(2)8-14(7-11)21-18(24)10-22(13(3)23)15-4-5-16(19)17(20)9-15/h4-9H,10H2,1-3H3,(H,21,24). The first-order valence-electron chi connectivity index (χ1n) is 7.37. The van der Waals surface area contributed by atoms with Crippen LogP contribution in [-0.4, -0.2) is 18.4 Å². The van der Waals surface area contributed by atoms with Crippen LogP contribution in [0.3, 0.4) is 0 Å². The lowest BCUT2D eigenvalue weighted by Crippen LogP contribution is -2.36. The van der Waals surface area contributed by atoms with Crippen LogP contribution in [0.25, 0.3) is 0 Å². The zero-order valence-electron chi connectivity index (χ0n) is 13.7. The average Bonchev–Trinajstić information content (AvgIpc) is 2.46. The normalized spacial score (nSPS) is 10.4. The maximum atomic E-state index is 13.4. The van der Waals surface area contributed by atoms with Crippen molar-refractivity contribution in [2.45, 2.75) is 20.8 Å². The summed E-state index contributed by atoms with van der Waals surface area (Å²) in [5.74, 6) is -2.97. The summed E-state index contributed by atoms with van der Waals surface area (Å²) >= 11 is 0. The Morgan fingerprint density at radius 1 is 1.00 bits per heavy atom. The Morgan fingerprint density at radius 3 is 2.17 bits per heavy atom. The van der Waals surface area contributed by atoms with Crippen LogP contribution >= 0.6 is 0 Å². The van der Waals surface area contributed by atoms with Crippen molar-refractivity contribution in [3.05, 3.63) is 59.2 Å². The van der Waals surface area contributed by atoms with E-state index < -0.39 is 23.4 Å². The van der Waals surface area contributed by atoms with Gasteiger partial charge >= 0.3 is 0 Å². The van der Waals surface area contributed by atoms with Gasteiger partial charge in [0.15, 0.2) is 11.6 Å². The predicted octanol–water partition coefficient (Wildman–Crippen LogP) is 3.57. The highest BCUT2D eigenvalue weighted by molar-refractivity contribution is 6.01. The number of hydrogen-bond donors (Lipinski definition) is 1. The molecule has 0 aliphatic rings. The number of anilines is 2. The van der Waals surface area contributed by atoms with Gasteiger partial charge in [-0.25, -0.2) is 8.78 Å². The second-order valence-corrected chi connectivity index (χ2v) is 5.63. The number of hydrogen-bond acceptors (Lipinski definition) is 2. The van der Waals surface area contributed by atoms with E-state index in [1.54, 1.807) is 12.1 Å². The maximum absolute atomic E-state index is 13.4. The molecule has 0 saturated heterocycles. The summed E-state index contributed by atoms with van der Waals surface area (Å²) in [7, 11) is 0. The van der Waals surface area contributed by atoms with E-state index >= 15 is 0 Å². The SMILES string of the molecule is CC(=O)N(CC(=O)Nc1cc(C)cc(C)c1)c1ccc(F)c(F)c1. The van der Waals surface area contributed by atoms with Crippen molar-refractivity contribution >= 4 is 23.2 Å². The van der Waals surface area contributed by atoms with E-state index in [1.165, 1.54) is 13.0 Å². The number of benzene rings is 2. The van der Waals surface area contributed by atoms with E-state index in [2.05, 4.69) is 5.32 Å². The van der Waals surface area contributed by atoms with Crippen LogP contribution < -0.4 is 10.2 Å². The smallest absolute Gasteiger partial charge is 0.244 e. The van der Waals surface area contributed by atoms with Gasteiger partial charge in [0.05, 0.1) is 0 Å². The van der Waals surface area contributed by atoms with Crippen molar-refractivity contribution in [2.24, 2.45) is 0 Å². The van der Waals surface area contributed by atoms with Gasteiger partial charge in [0.25, 0.3) is 0 Å². The molecule has 0 bridgehead atoms. The molecule has 0 heterocycles. The number of amides is 2. The summed E-state index contributed by atoms with van der Waals surface area (Å²) in [6.45, 7) is 4.77. The van der Waals surface area contributed by atoms with Gasteiger partial charge in [-0.05, 0) is 49.2 Å². The molecule has 6 heteroatoms. The van der Waals surface area contributed by atoms with Crippen LogP contribution in [0.1, 0.15) is 18.1 Å². The summed E-state index contributed by atoms with van der Waals surface area (Å²) in [6.07, 6.45) is 0. The number of halogens is 2. The molecule has 0 aliphatic carbocycles. The molecule has 0 atom stereocenters. The first-order valence-corrected chi connectivity index (χ1v) is 7.37. The van der Waals surface area contributed by atoms with Gasteiger partial charge in [0, 0.05) is 24.4 Å². The third-order valence-electron chi connectivity index (χ3n) is 3.40. The molecule has 0 fully saturated rings.